The number of benzene rings is 1. The van der Waals surface area contributed by atoms with Crippen LogP contribution in [-0.4, -0.2) is 11.5 Å². The van der Waals surface area contributed by atoms with Crippen LogP contribution in [0.3, 0.4) is 0 Å². The predicted molar refractivity (Wildman–Crippen MR) is 59.3 cm³/mol. The third-order valence-corrected chi connectivity index (χ3v) is 1.63. The molecule has 0 heterocycles. The molecule has 1 aromatic carbocycles. The number of hydrogen-bond donors (Lipinski definition) is 2. The molecule has 0 radical (unpaired) electrons. The van der Waals surface area contributed by atoms with Gasteiger partial charge in [0.05, 0.1) is 17.6 Å². The average Bonchev–Trinajstić information content (AvgIpc) is 2.18. The van der Waals surface area contributed by atoms with Crippen LogP contribution in [0.15, 0.2) is 18.2 Å². The van der Waals surface area contributed by atoms with Crippen LogP contribution in [0.1, 0.15) is 6.92 Å². The number of halogens is 1. The standard InChI is InChI=1S/C8H11N3O3.ClH/c1-2-14-6-3-4-7(10-9)8(5-6)11(12)13;/h3-5,10H,2,9H2,1H3;1H. The Morgan fingerprint density at radius 3 is 2.73 bits per heavy atom. The summed E-state index contributed by atoms with van der Waals surface area (Å²) in [6, 6.07) is 4.45. The molecule has 0 aliphatic carbocycles. The summed E-state index contributed by atoms with van der Waals surface area (Å²) in [4.78, 5) is 10.1. The van der Waals surface area contributed by atoms with Crippen molar-refractivity contribution in [2.45, 2.75) is 6.92 Å². The zero-order chi connectivity index (χ0) is 10.6. The lowest BCUT2D eigenvalue weighted by Crippen LogP contribution is -2.09. The van der Waals surface area contributed by atoms with Crippen molar-refractivity contribution in [3.05, 3.63) is 28.3 Å². The summed E-state index contributed by atoms with van der Waals surface area (Å²) >= 11 is 0. The second kappa shape index (κ2) is 6.05. The van der Waals surface area contributed by atoms with Gasteiger partial charge in [0.15, 0.2) is 0 Å². The fraction of sp³-hybridized carbons (Fsp3) is 0.250. The number of nitro benzene ring substituents is 1. The minimum atomic E-state index is -0.516. The van der Waals surface area contributed by atoms with E-state index >= 15 is 0 Å². The Hall–Kier alpha value is -1.53. The predicted octanol–water partition coefficient (Wildman–Crippen LogP) is 1.70. The Balaban J connectivity index is 0.00000196. The number of nitrogen functional groups attached to an aromatic ring is 1. The minimum absolute atomic E-state index is 0. The van der Waals surface area contributed by atoms with E-state index in [1.54, 1.807) is 13.0 Å². The van der Waals surface area contributed by atoms with Gasteiger partial charge in [-0.15, -0.1) is 12.4 Å². The highest BCUT2D eigenvalue weighted by Gasteiger charge is 2.13. The zero-order valence-corrected chi connectivity index (χ0v) is 8.91. The Labute approximate surface area is 92.9 Å². The first-order valence-electron chi connectivity index (χ1n) is 4.07. The van der Waals surface area contributed by atoms with Crippen molar-refractivity contribution in [2.24, 2.45) is 5.84 Å². The molecule has 15 heavy (non-hydrogen) atoms. The number of nitrogens with one attached hydrogen (secondary N) is 1. The maximum atomic E-state index is 10.6. The van der Waals surface area contributed by atoms with Crippen LogP contribution < -0.4 is 16.0 Å². The number of nitrogens with two attached hydrogens (primary N) is 1. The van der Waals surface area contributed by atoms with E-state index in [0.717, 1.165) is 0 Å². The van der Waals surface area contributed by atoms with Gasteiger partial charge in [-0.25, -0.2) is 0 Å². The molecule has 1 aromatic rings. The lowest BCUT2D eigenvalue weighted by Gasteiger charge is -2.05. The molecule has 0 bridgehead atoms. The largest absolute Gasteiger partial charge is 0.494 e. The van der Waals surface area contributed by atoms with E-state index in [0.29, 0.717) is 12.4 Å². The fourth-order valence-corrected chi connectivity index (χ4v) is 1.04. The summed E-state index contributed by atoms with van der Waals surface area (Å²) in [5.74, 6) is 5.57. The highest BCUT2D eigenvalue weighted by molar-refractivity contribution is 5.85. The molecule has 0 amide bonds. The number of hydrogen-bond acceptors (Lipinski definition) is 5. The molecule has 0 saturated carbocycles. The van der Waals surface area contributed by atoms with Gasteiger partial charge in [-0.05, 0) is 19.1 Å². The molecule has 1 rings (SSSR count). The number of ether oxygens (including phenoxy) is 1. The third kappa shape index (κ3) is 3.26. The molecule has 3 N–H and O–H groups in total. The fourth-order valence-electron chi connectivity index (χ4n) is 1.04. The summed E-state index contributed by atoms with van der Waals surface area (Å²) in [7, 11) is 0. The number of anilines is 1. The smallest absolute Gasteiger partial charge is 0.297 e. The van der Waals surface area contributed by atoms with Gasteiger partial charge in [-0.2, -0.15) is 0 Å². The molecule has 6 nitrogen and oxygen atoms in total. The van der Waals surface area contributed by atoms with Crippen molar-refractivity contribution in [1.29, 1.82) is 0 Å². The van der Waals surface area contributed by atoms with Crippen LogP contribution >= 0.6 is 12.4 Å². The lowest BCUT2D eigenvalue weighted by atomic mass is 10.2. The van der Waals surface area contributed by atoms with Crippen LogP contribution in [0.2, 0.25) is 0 Å². The van der Waals surface area contributed by atoms with Crippen molar-refractivity contribution >= 4 is 23.8 Å². The van der Waals surface area contributed by atoms with E-state index in [1.165, 1.54) is 12.1 Å². The number of hydrazine groups is 1. The van der Waals surface area contributed by atoms with Crippen molar-refractivity contribution in [3.8, 4) is 5.75 Å². The van der Waals surface area contributed by atoms with E-state index in [2.05, 4.69) is 5.43 Å². The van der Waals surface area contributed by atoms with E-state index in [9.17, 15) is 10.1 Å². The van der Waals surface area contributed by atoms with Crippen LogP contribution in [-0.2, 0) is 0 Å². The van der Waals surface area contributed by atoms with E-state index in [1.807, 2.05) is 0 Å². The van der Waals surface area contributed by atoms with E-state index < -0.39 is 4.92 Å². The molecule has 0 unspecified atom stereocenters. The highest BCUT2D eigenvalue weighted by atomic mass is 35.5. The van der Waals surface area contributed by atoms with Crippen LogP contribution in [0.4, 0.5) is 11.4 Å². The van der Waals surface area contributed by atoms with Gasteiger partial charge in [-0.3, -0.25) is 16.0 Å². The van der Waals surface area contributed by atoms with Crippen LogP contribution in [0.25, 0.3) is 0 Å². The normalized spacial score (nSPS) is 8.93. The number of rotatable bonds is 4. The SMILES string of the molecule is CCOc1ccc(NN)c([N+](=O)[O-])c1.Cl. The van der Waals surface area contributed by atoms with Crippen molar-refractivity contribution in [3.63, 3.8) is 0 Å². The molecule has 84 valence electrons. The molecular weight excluding hydrogens is 222 g/mol. The molecule has 0 atom stereocenters. The summed E-state index contributed by atoms with van der Waals surface area (Å²) in [5.41, 5.74) is 2.41. The Bertz CT molecular complexity index is 346. The summed E-state index contributed by atoms with van der Waals surface area (Å²) in [5, 5.41) is 10.6. The molecule has 0 spiro atoms. The van der Waals surface area contributed by atoms with Crippen molar-refractivity contribution in [2.75, 3.05) is 12.0 Å². The molecule has 0 aliphatic rings. The molecule has 0 aliphatic heterocycles. The Morgan fingerprint density at radius 2 is 2.27 bits per heavy atom. The van der Waals surface area contributed by atoms with Gasteiger partial charge in [0.1, 0.15) is 11.4 Å². The van der Waals surface area contributed by atoms with Crippen molar-refractivity contribution < 1.29 is 9.66 Å². The average molecular weight is 234 g/mol. The first-order valence-corrected chi connectivity index (χ1v) is 4.07. The lowest BCUT2D eigenvalue weighted by molar-refractivity contribution is -0.384. The topological polar surface area (TPSA) is 90.4 Å². The van der Waals surface area contributed by atoms with Gasteiger partial charge in [0.25, 0.3) is 5.69 Å². The summed E-state index contributed by atoms with van der Waals surface area (Å²) in [6.45, 7) is 2.27. The Morgan fingerprint density at radius 1 is 1.60 bits per heavy atom. The summed E-state index contributed by atoms with van der Waals surface area (Å²) in [6.07, 6.45) is 0. The summed E-state index contributed by atoms with van der Waals surface area (Å²) < 4.78 is 5.12. The maximum absolute atomic E-state index is 10.6. The molecule has 0 aromatic heterocycles. The van der Waals surface area contributed by atoms with Gasteiger partial charge in [-0.1, -0.05) is 0 Å². The third-order valence-electron chi connectivity index (χ3n) is 1.63. The second-order valence-electron chi connectivity index (χ2n) is 2.51. The molecule has 0 fully saturated rings. The number of nitro groups is 1. The van der Waals surface area contributed by atoms with Crippen LogP contribution in [0, 0.1) is 10.1 Å². The second-order valence-corrected chi connectivity index (χ2v) is 2.51. The highest BCUT2D eigenvalue weighted by Crippen LogP contribution is 2.28. The van der Waals surface area contributed by atoms with Gasteiger partial charge < -0.3 is 10.2 Å². The quantitative estimate of drug-likeness (QED) is 0.469. The zero-order valence-electron chi connectivity index (χ0n) is 8.10. The Kier molecular flexibility index (Phi) is 5.43. The first-order chi connectivity index (χ1) is 6.69. The van der Waals surface area contributed by atoms with Gasteiger partial charge in [0.2, 0.25) is 0 Å². The van der Waals surface area contributed by atoms with Crippen molar-refractivity contribution in [1.82, 2.24) is 0 Å². The molecule has 0 saturated heterocycles. The monoisotopic (exact) mass is 233 g/mol. The van der Waals surface area contributed by atoms with Gasteiger partial charge >= 0.3 is 0 Å². The molecular formula is C8H12ClN3O3. The van der Waals surface area contributed by atoms with E-state index in [4.69, 9.17) is 10.6 Å². The molecule has 7 heteroatoms. The van der Waals surface area contributed by atoms with Crippen LogP contribution in [0.5, 0.6) is 5.75 Å². The van der Waals surface area contributed by atoms with E-state index in [-0.39, 0.29) is 23.8 Å². The maximum Gasteiger partial charge on any atom is 0.297 e. The number of nitrogens with zero attached hydrogens (tertiary/aromatic N) is 1. The minimum Gasteiger partial charge on any atom is -0.494 e. The van der Waals surface area contributed by atoms with Gasteiger partial charge in [0, 0.05) is 0 Å². The first kappa shape index (κ1) is 13.5.